The van der Waals surface area contributed by atoms with E-state index in [2.05, 4.69) is 45.7 Å². The summed E-state index contributed by atoms with van der Waals surface area (Å²) in [6, 6.07) is 7.46. The predicted molar refractivity (Wildman–Crippen MR) is 463 cm³/mol. The Labute approximate surface area is 732 Å². The molecule has 11 rings (SSSR count). The first-order valence-corrected chi connectivity index (χ1v) is 44.4. The maximum atomic E-state index is 14.2. The van der Waals surface area contributed by atoms with E-state index in [9.17, 15) is 83.4 Å². The van der Waals surface area contributed by atoms with Gasteiger partial charge in [-0.1, -0.05) is 97.6 Å². The first-order valence-electron chi connectivity index (χ1n) is 41.8. The molecule has 4 aromatic rings. The molecule has 33 heteroatoms. The number of hydrogen-bond donors (Lipinski definition) is 12. The van der Waals surface area contributed by atoms with Crippen LogP contribution in [0.3, 0.4) is 0 Å². The summed E-state index contributed by atoms with van der Waals surface area (Å²) in [4.78, 5) is 149. The number of ether oxygens (including phenoxy) is 3. The summed E-state index contributed by atoms with van der Waals surface area (Å²) in [5, 5.41) is 85.9. The third kappa shape index (κ3) is 20.3. The molecule has 660 valence electrons. The Hall–Kier alpha value is -8.62. The Morgan fingerprint density at radius 3 is 1.84 bits per heavy atom. The van der Waals surface area contributed by atoms with Gasteiger partial charge in [-0.15, -0.1) is 0 Å². The van der Waals surface area contributed by atoms with Crippen molar-refractivity contribution in [3.8, 4) is 45.4 Å². The van der Waals surface area contributed by atoms with Crippen LogP contribution in [-0.2, 0) is 44.7 Å². The number of unbranched alkanes of at least 4 members (excludes halogenated alkanes) is 7. The predicted octanol–water partition coefficient (Wildman–Crippen LogP) is 12.2. The summed E-state index contributed by atoms with van der Waals surface area (Å²) in [5.41, 5.74) is -2.59. The minimum Gasteiger partial charge on any atom is -0.507 e. The second-order valence-corrected chi connectivity index (χ2v) is 36.2. The first kappa shape index (κ1) is 94.1. The molecular formula is C89H109Cl4N7O21S. The molecule has 0 bridgehead atoms. The van der Waals surface area contributed by atoms with Gasteiger partial charge in [0.25, 0.3) is 0 Å². The number of ketones is 4. The van der Waals surface area contributed by atoms with Crippen molar-refractivity contribution in [2.24, 2.45) is 11.8 Å². The molecule has 3 heterocycles. The quantitative estimate of drug-likeness (QED) is 0.00323. The maximum Gasteiger partial charge on any atom is 0.340 e. The highest BCUT2D eigenvalue weighted by Crippen LogP contribution is 2.56. The van der Waals surface area contributed by atoms with E-state index in [1.54, 1.807) is 46.8 Å². The van der Waals surface area contributed by atoms with Gasteiger partial charge in [-0.3, -0.25) is 48.1 Å². The molecule has 122 heavy (non-hydrogen) atoms. The molecule has 4 aromatic carbocycles. The number of nitrogens with one attached hydrogen (secondary N) is 6. The van der Waals surface area contributed by atoms with Gasteiger partial charge in [0.05, 0.1) is 85.4 Å². The summed E-state index contributed by atoms with van der Waals surface area (Å²) >= 11 is 28.9. The van der Waals surface area contributed by atoms with E-state index >= 15 is 0 Å². The van der Waals surface area contributed by atoms with Crippen LogP contribution in [0.2, 0.25) is 20.1 Å². The largest absolute Gasteiger partial charge is 0.507 e. The number of benzene rings is 5. The van der Waals surface area contributed by atoms with Crippen molar-refractivity contribution in [1.82, 2.24) is 36.8 Å². The Balaban J connectivity index is 0.603. The van der Waals surface area contributed by atoms with E-state index in [0.29, 0.717) is 137 Å². The van der Waals surface area contributed by atoms with Crippen molar-refractivity contribution in [2.45, 2.75) is 224 Å². The Morgan fingerprint density at radius 1 is 0.656 bits per heavy atom. The van der Waals surface area contributed by atoms with Gasteiger partial charge >= 0.3 is 12.0 Å². The van der Waals surface area contributed by atoms with E-state index in [4.69, 9.17) is 65.0 Å². The fraction of sp³-hybridized carbons (Fsp3) is 0.539. The Morgan fingerprint density at radius 2 is 1.24 bits per heavy atom. The Kier molecular flexibility index (Phi) is 31.3. The fourth-order valence-electron chi connectivity index (χ4n) is 17.9. The Bertz CT molecular complexity index is 5100. The first-order chi connectivity index (χ1) is 58.0. The lowest BCUT2D eigenvalue weighted by Gasteiger charge is -2.43. The monoisotopic (exact) mass is 1780 g/mol. The number of aryl methyl sites for hydroxylation is 3. The molecule has 12 N–H and O–H groups in total. The molecule has 9 atom stereocenters. The number of Topliss-reactive ketones (excluding diaryl/α,β-unsaturated/α-hetero) is 2. The molecule has 6 amide bonds. The lowest BCUT2D eigenvalue weighted by molar-refractivity contribution is -0.153. The number of aliphatic hydroxyl groups is 3. The molecule has 28 nitrogen and oxygen atoms in total. The number of urea groups is 1. The number of fused-ring (bicyclic) bond motifs is 6. The van der Waals surface area contributed by atoms with Gasteiger partial charge in [-0.05, 0) is 134 Å². The fourth-order valence-corrected chi connectivity index (χ4v) is 20.8. The van der Waals surface area contributed by atoms with Gasteiger partial charge in [0, 0.05) is 152 Å². The molecule has 2 saturated heterocycles. The van der Waals surface area contributed by atoms with Gasteiger partial charge in [0.1, 0.15) is 58.9 Å². The van der Waals surface area contributed by atoms with Crippen LogP contribution in [0.4, 0.5) is 4.79 Å². The van der Waals surface area contributed by atoms with Gasteiger partial charge in [-0.2, -0.15) is 11.8 Å². The standard InChI is InChI=1S/C89H109Cl4N7O21S/c1-45-36-52(120-58-42-89(117,59(103)43-101)41-56-67(58)82(114)71-70(80(56)112)79(111)53-21-19-22-57(118-8)66(53)81(71)113)40-50(78(45)110)39-51(102)20-13-9-10-14-24-61(104)94-28-32-100(34-30-96-63(106)27-18-17-23-60-88(7)87(6,44-122-60)98-86(116)99-88)33-29-95-62(105)25-15-11-12-16-26-64(107)97-31-35-119-85(115)69-68(72(90)74(92)75(93)73(69)91)65-54-37-46(2)76(108)48(4)83(54)121-84-49(5)77(109)47(3)38-55(65)84/h19,21-22,37-38,45,50,52,58,60,78,101,108,110,112,114,117H,9-18,20,23-36,39-44H2,1-8H3,(H,94,104)(H,95,105)(H,96,106)(H,97,107)(H2,98,99,116)/t45-,50+,52-,58+,60?,78-,87-,88+,89+/m1/s1. The van der Waals surface area contributed by atoms with Crippen LogP contribution in [0, 0.1) is 39.5 Å². The molecule has 3 aliphatic heterocycles. The second kappa shape index (κ2) is 40.6. The average Bonchev–Trinajstić information content (AvgIpc) is 1.16. The van der Waals surface area contributed by atoms with Gasteiger partial charge in [0.15, 0.2) is 17.0 Å². The third-order valence-electron chi connectivity index (χ3n) is 25.0. The molecule has 0 spiro atoms. The smallest absolute Gasteiger partial charge is 0.340 e. The minimum absolute atomic E-state index is 0.00875. The number of phenols is 3. The summed E-state index contributed by atoms with van der Waals surface area (Å²) < 4.78 is 24.0. The van der Waals surface area contributed by atoms with Crippen LogP contribution in [0.5, 0.6) is 23.0 Å². The highest BCUT2D eigenvalue weighted by Gasteiger charge is 2.61. The van der Waals surface area contributed by atoms with Crippen molar-refractivity contribution in [2.75, 3.05) is 71.9 Å². The minimum atomic E-state index is -2.32. The lowest BCUT2D eigenvalue weighted by atomic mass is 9.71. The SMILES string of the molecule is COc1cccc2c1C(=O)c1c(O)c3c(c(O)c1C2=O)C[C@@](O)(C(=O)CO)C[C@@H]3O[C@H]1C[C@H](CC(=O)CCCCCCC(=O)NCCN(CCNC(=O)CCCCCCC(=O)NCCOC(=O)c2c(Cl)c(Cl)c(Cl)c(Cl)c2-c2c3cc(C)c(=O)c(C)c-3oc3c(C)c(O)c(C)cc23)CCNC(=O)CCCCC2SC[C@@]3(C)NC(=O)N[C@@]23C)[C@H](O)[C@H](C)C1. The van der Waals surface area contributed by atoms with Crippen LogP contribution in [-0.4, -0.2) is 200 Å². The van der Waals surface area contributed by atoms with Crippen LogP contribution < -0.4 is 42.1 Å². The topological polar surface area (TPSA) is 425 Å². The number of aliphatic hydroxyl groups excluding tert-OH is 2. The number of esters is 1. The van der Waals surface area contributed by atoms with Crippen molar-refractivity contribution in [3.63, 3.8) is 0 Å². The van der Waals surface area contributed by atoms with E-state index < -0.39 is 101 Å². The number of hydrogen-bond acceptors (Lipinski definition) is 23. The van der Waals surface area contributed by atoms with E-state index in [0.717, 1.165) is 18.6 Å². The van der Waals surface area contributed by atoms with Crippen molar-refractivity contribution in [3.05, 3.63) is 122 Å². The van der Waals surface area contributed by atoms with Gasteiger partial charge in [0.2, 0.25) is 29.4 Å². The molecule has 0 aromatic heterocycles. The number of methoxy groups -OCH3 is 1. The number of halogens is 4. The normalized spacial score (nSPS) is 21.5. The van der Waals surface area contributed by atoms with Gasteiger partial charge < -0.3 is 81.2 Å². The number of phenolic OH excluding ortho intramolecular Hbond substituents is 3. The van der Waals surface area contributed by atoms with Crippen molar-refractivity contribution < 1.29 is 97.2 Å². The molecule has 4 aliphatic carbocycles. The van der Waals surface area contributed by atoms with Crippen LogP contribution in [0.15, 0.2) is 39.5 Å². The summed E-state index contributed by atoms with van der Waals surface area (Å²) in [5.74, 6) is -5.72. The lowest BCUT2D eigenvalue weighted by Crippen LogP contribution is -2.58. The highest BCUT2D eigenvalue weighted by molar-refractivity contribution is 8.00. The van der Waals surface area contributed by atoms with E-state index in [-0.39, 0.29) is 197 Å². The summed E-state index contributed by atoms with van der Waals surface area (Å²) in [6.45, 7) is 13.3. The van der Waals surface area contributed by atoms with Crippen LogP contribution in [0.25, 0.3) is 33.4 Å². The summed E-state index contributed by atoms with van der Waals surface area (Å²) in [7, 11) is 1.31. The number of amides is 6. The molecule has 7 aliphatic rings. The van der Waals surface area contributed by atoms with Crippen molar-refractivity contribution in [1.29, 1.82) is 0 Å². The highest BCUT2D eigenvalue weighted by atomic mass is 35.5. The van der Waals surface area contributed by atoms with Crippen LogP contribution in [0.1, 0.15) is 231 Å². The van der Waals surface area contributed by atoms with E-state index in [1.165, 1.54) is 25.3 Å². The second-order valence-electron chi connectivity index (χ2n) is 33.5. The summed E-state index contributed by atoms with van der Waals surface area (Å²) in [6.07, 6.45) is 4.64. The molecule has 3 fully saturated rings. The zero-order valence-corrected chi connectivity index (χ0v) is 73.8. The number of thioether (sulfide) groups is 1. The maximum absolute atomic E-state index is 14.2. The molecule has 1 unspecified atom stereocenters. The number of carbonyl (C=O) groups is 10. The van der Waals surface area contributed by atoms with Gasteiger partial charge in [-0.25, -0.2) is 9.59 Å². The average molecular weight is 1790 g/mol. The molecule has 0 radical (unpaired) electrons. The third-order valence-corrected chi connectivity index (χ3v) is 28.6. The van der Waals surface area contributed by atoms with Crippen molar-refractivity contribution >= 4 is 128 Å². The number of carbonyl (C=O) groups excluding carboxylic acids is 10. The molecular weight excluding hydrogens is 1680 g/mol. The van der Waals surface area contributed by atoms with Crippen LogP contribution >= 0.6 is 58.2 Å². The number of rotatable bonds is 40. The zero-order valence-electron chi connectivity index (χ0n) is 69.9. The number of nitrogens with zero attached hydrogens (tertiary/aromatic N) is 1. The zero-order chi connectivity index (χ0) is 88.6. The van der Waals surface area contributed by atoms with E-state index in [1.807, 2.05) is 16.7 Å². The number of aromatic hydroxyl groups is 3. The molecule has 1 saturated carbocycles.